The highest BCUT2D eigenvalue weighted by Gasteiger charge is 2.14. The first-order valence-electron chi connectivity index (χ1n) is 5.58. The lowest BCUT2D eigenvalue weighted by Crippen LogP contribution is -2.23. The molecule has 0 amide bonds. The van der Waals surface area contributed by atoms with E-state index in [4.69, 9.17) is 10.5 Å². The smallest absolute Gasteiger partial charge is 0.129 e. The zero-order valence-electron chi connectivity index (χ0n) is 9.21. The molecule has 1 atom stereocenters. The molecule has 3 nitrogen and oxygen atoms in total. The van der Waals surface area contributed by atoms with Gasteiger partial charge < -0.3 is 15.8 Å². The van der Waals surface area contributed by atoms with E-state index in [-0.39, 0.29) is 5.82 Å². The first kappa shape index (κ1) is 11.4. The maximum Gasteiger partial charge on any atom is 0.129 e. The minimum absolute atomic E-state index is 0.241. The molecule has 0 spiro atoms. The molecule has 88 valence electrons. The summed E-state index contributed by atoms with van der Waals surface area (Å²) in [4.78, 5) is 0. The van der Waals surface area contributed by atoms with Crippen LogP contribution in [0.3, 0.4) is 0 Å². The molecular weight excluding hydrogens is 207 g/mol. The third kappa shape index (κ3) is 2.93. The molecule has 0 saturated carbocycles. The van der Waals surface area contributed by atoms with Crippen LogP contribution in [0.15, 0.2) is 18.2 Å². The zero-order chi connectivity index (χ0) is 11.4. The number of rotatable bonds is 4. The Hall–Kier alpha value is -1.13. The van der Waals surface area contributed by atoms with Crippen molar-refractivity contribution in [1.82, 2.24) is 5.32 Å². The minimum atomic E-state index is -0.241. The number of nitrogens with two attached hydrogens (primary N) is 1. The lowest BCUT2D eigenvalue weighted by molar-refractivity contribution is 0.185. The monoisotopic (exact) mass is 224 g/mol. The maximum atomic E-state index is 13.4. The quantitative estimate of drug-likeness (QED) is 0.762. The van der Waals surface area contributed by atoms with Crippen molar-refractivity contribution < 1.29 is 9.13 Å². The number of hydrogen-bond donors (Lipinski definition) is 2. The van der Waals surface area contributed by atoms with Gasteiger partial charge in [0.25, 0.3) is 0 Å². The third-order valence-corrected chi connectivity index (χ3v) is 2.85. The van der Waals surface area contributed by atoms with Crippen LogP contribution < -0.4 is 11.1 Å². The number of nitrogen functional groups attached to an aromatic ring is 1. The Morgan fingerprint density at radius 1 is 1.50 bits per heavy atom. The van der Waals surface area contributed by atoms with E-state index in [1.54, 1.807) is 12.1 Å². The predicted octanol–water partition coefficient (Wildman–Crippen LogP) is 1.53. The molecular formula is C12H17FN2O. The van der Waals surface area contributed by atoms with E-state index in [1.807, 2.05) is 0 Å². The summed E-state index contributed by atoms with van der Waals surface area (Å²) in [5, 5.41) is 3.24. The SMILES string of the molecule is Nc1ccc(CNCC2CCOC2)c(F)c1. The largest absolute Gasteiger partial charge is 0.399 e. The van der Waals surface area contributed by atoms with Crippen molar-refractivity contribution in [2.45, 2.75) is 13.0 Å². The van der Waals surface area contributed by atoms with Crippen LogP contribution >= 0.6 is 0 Å². The fraction of sp³-hybridized carbons (Fsp3) is 0.500. The van der Waals surface area contributed by atoms with Gasteiger partial charge in [0.2, 0.25) is 0 Å². The van der Waals surface area contributed by atoms with Gasteiger partial charge in [-0.2, -0.15) is 0 Å². The molecule has 0 radical (unpaired) electrons. The predicted molar refractivity (Wildman–Crippen MR) is 61.4 cm³/mol. The van der Waals surface area contributed by atoms with Gasteiger partial charge in [-0.15, -0.1) is 0 Å². The molecule has 0 aliphatic carbocycles. The van der Waals surface area contributed by atoms with Crippen molar-refractivity contribution in [1.29, 1.82) is 0 Å². The van der Waals surface area contributed by atoms with Crippen molar-refractivity contribution in [3.05, 3.63) is 29.6 Å². The molecule has 1 heterocycles. The van der Waals surface area contributed by atoms with Crippen LogP contribution in [-0.4, -0.2) is 19.8 Å². The molecule has 0 aromatic heterocycles. The average Bonchev–Trinajstić information content (AvgIpc) is 2.74. The van der Waals surface area contributed by atoms with Gasteiger partial charge >= 0.3 is 0 Å². The van der Waals surface area contributed by atoms with Crippen molar-refractivity contribution >= 4 is 5.69 Å². The summed E-state index contributed by atoms with van der Waals surface area (Å²) in [5.41, 5.74) is 6.60. The zero-order valence-corrected chi connectivity index (χ0v) is 9.21. The minimum Gasteiger partial charge on any atom is -0.399 e. The summed E-state index contributed by atoms with van der Waals surface area (Å²) in [6, 6.07) is 4.80. The summed E-state index contributed by atoms with van der Waals surface area (Å²) in [7, 11) is 0. The second-order valence-electron chi connectivity index (χ2n) is 4.21. The van der Waals surface area contributed by atoms with Crippen molar-refractivity contribution in [2.75, 3.05) is 25.5 Å². The second-order valence-corrected chi connectivity index (χ2v) is 4.21. The molecule has 1 aliphatic heterocycles. The lowest BCUT2D eigenvalue weighted by atomic mass is 10.1. The van der Waals surface area contributed by atoms with E-state index >= 15 is 0 Å². The number of hydrogen-bond acceptors (Lipinski definition) is 3. The number of anilines is 1. The highest BCUT2D eigenvalue weighted by atomic mass is 19.1. The van der Waals surface area contributed by atoms with Crippen LogP contribution in [0.4, 0.5) is 10.1 Å². The van der Waals surface area contributed by atoms with Crippen LogP contribution in [0.1, 0.15) is 12.0 Å². The van der Waals surface area contributed by atoms with Crippen molar-refractivity contribution in [3.63, 3.8) is 0 Å². The first-order valence-corrected chi connectivity index (χ1v) is 5.58. The Morgan fingerprint density at radius 2 is 2.38 bits per heavy atom. The summed E-state index contributed by atoms with van der Waals surface area (Å²) in [6.45, 7) is 3.09. The van der Waals surface area contributed by atoms with E-state index in [1.165, 1.54) is 6.07 Å². The van der Waals surface area contributed by atoms with Gasteiger partial charge in [0, 0.05) is 30.9 Å². The normalized spacial score (nSPS) is 20.2. The number of ether oxygens (including phenoxy) is 1. The maximum absolute atomic E-state index is 13.4. The highest BCUT2D eigenvalue weighted by Crippen LogP contribution is 2.13. The number of benzene rings is 1. The Morgan fingerprint density at radius 3 is 3.06 bits per heavy atom. The molecule has 1 saturated heterocycles. The summed E-state index contributed by atoms with van der Waals surface area (Å²) >= 11 is 0. The molecule has 1 fully saturated rings. The van der Waals surface area contributed by atoms with Crippen LogP contribution in [-0.2, 0) is 11.3 Å². The van der Waals surface area contributed by atoms with E-state index in [2.05, 4.69) is 5.32 Å². The summed E-state index contributed by atoms with van der Waals surface area (Å²) < 4.78 is 18.7. The molecule has 1 aromatic rings. The lowest BCUT2D eigenvalue weighted by Gasteiger charge is -2.10. The van der Waals surface area contributed by atoms with Crippen LogP contribution in [0.2, 0.25) is 0 Å². The van der Waals surface area contributed by atoms with Gasteiger partial charge in [-0.3, -0.25) is 0 Å². The van der Waals surface area contributed by atoms with Gasteiger partial charge in [0.15, 0.2) is 0 Å². The number of nitrogens with one attached hydrogen (secondary N) is 1. The van der Waals surface area contributed by atoms with Gasteiger partial charge in [-0.1, -0.05) is 6.07 Å². The summed E-state index contributed by atoms with van der Waals surface area (Å²) in [5.74, 6) is 0.326. The van der Waals surface area contributed by atoms with Crippen molar-refractivity contribution in [3.8, 4) is 0 Å². The second kappa shape index (κ2) is 5.27. The van der Waals surface area contributed by atoms with E-state index < -0.39 is 0 Å². The van der Waals surface area contributed by atoms with E-state index in [0.717, 1.165) is 26.2 Å². The molecule has 1 unspecified atom stereocenters. The fourth-order valence-corrected chi connectivity index (χ4v) is 1.86. The Bertz CT molecular complexity index is 351. The highest BCUT2D eigenvalue weighted by molar-refractivity contribution is 5.40. The Balaban J connectivity index is 1.80. The molecule has 1 aromatic carbocycles. The van der Waals surface area contributed by atoms with E-state index in [9.17, 15) is 4.39 Å². The Labute approximate surface area is 94.8 Å². The standard InChI is InChI=1S/C12H17FN2O/c13-12-5-11(14)2-1-10(12)7-15-6-9-3-4-16-8-9/h1-2,5,9,15H,3-4,6-8,14H2. The topological polar surface area (TPSA) is 47.3 Å². The fourth-order valence-electron chi connectivity index (χ4n) is 1.86. The van der Waals surface area contributed by atoms with Gasteiger partial charge in [0.05, 0.1) is 6.61 Å². The molecule has 3 N–H and O–H groups in total. The first-order chi connectivity index (χ1) is 7.75. The van der Waals surface area contributed by atoms with Crippen LogP contribution in [0.5, 0.6) is 0 Å². The molecule has 4 heteroatoms. The average molecular weight is 224 g/mol. The molecule has 1 aliphatic rings. The summed E-state index contributed by atoms with van der Waals surface area (Å²) in [6.07, 6.45) is 1.09. The van der Waals surface area contributed by atoms with Gasteiger partial charge in [-0.25, -0.2) is 4.39 Å². The van der Waals surface area contributed by atoms with E-state index in [0.29, 0.717) is 23.7 Å². The van der Waals surface area contributed by atoms with Gasteiger partial charge in [-0.05, 0) is 24.5 Å². The molecule has 2 rings (SSSR count). The number of halogens is 1. The molecule has 0 bridgehead atoms. The third-order valence-electron chi connectivity index (χ3n) is 2.85. The molecule has 16 heavy (non-hydrogen) atoms. The Kier molecular flexibility index (Phi) is 3.74. The van der Waals surface area contributed by atoms with Crippen molar-refractivity contribution in [2.24, 2.45) is 5.92 Å². The van der Waals surface area contributed by atoms with Gasteiger partial charge in [0.1, 0.15) is 5.82 Å². The van der Waals surface area contributed by atoms with Crippen LogP contribution in [0, 0.1) is 11.7 Å². The van der Waals surface area contributed by atoms with Crippen LogP contribution in [0.25, 0.3) is 0 Å².